The van der Waals surface area contributed by atoms with Crippen LogP contribution in [-0.4, -0.2) is 31.1 Å². The van der Waals surface area contributed by atoms with Crippen molar-refractivity contribution in [3.8, 4) is 11.4 Å². The zero-order valence-electron chi connectivity index (χ0n) is 14.9. The molecule has 0 radical (unpaired) electrons. The van der Waals surface area contributed by atoms with E-state index in [2.05, 4.69) is 30.5 Å². The third kappa shape index (κ3) is 4.50. The molecule has 0 aliphatic carbocycles. The molecule has 1 unspecified atom stereocenters. The molecule has 7 nitrogen and oxygen atoms in total. The van der Waals surface area contributed by atoms with Gasteiger partial charge >= 0.3 is 0 Å². The first-order valence-corrected chi connectivity index (χ1v) is 8.64. The van der Waals surface area contributed by atoms with Gasteiger partial charge in [0.15, 0.2) is 5.82 Å². The van der Waals surface area contributed by atoms with Gasteiger partial charge in [0, 0.05) is 48.0 Å². The van der Waals surface area contributed by atoms with Crippen LogP contribution in [0, 0.1) is 6.92 Å². The Kier molecular flexibility index (Phi) is 5.68. The van der Waals surface area contributed by atoms with Gasteiger partial charge in [-0.15, -0.1) is 0 Å². The number of amides is 1. The molecule has 0 aromatic carbocycles. The van der Waals surface area contributed by atoms with Crippen molar-refractivity contribution in [2.24, 2.45) is 0 Å². The number of carbonyl (C=O) groups is 1. The van der Waals surface area contributed by atoms with Gasteiger partial charge in [-0.2, -0.15) is 5.10 Å². The van der Waals surface area contributed by atoms with Gasteiger partial charge in [0.05, 0.1) is 12.2 Å². The van der Waals surface area contributed by atoms with Crippen molar-refractivity contribution in [3.05, 3.63) is 59.9 Å². The first-order chi connectivity index (χ1) is 12.6. The maximum Gasteiger partial charge on any atom is 0.220 e. The fourth-order valence-corrected chi connectivity index (χ4v) is 2.80. The molecule has 7 heteroatoms. The Morgan fingerprint density at radius 3 is 2.77 bits per heavy atom. The smallest absolute Gasteiger partial charge is 0.220 e. The van der Waals surface area contributed by atoms with E-state index < -0.39 is 0 Å². The molecule has 0 spiro atoms. The molecule has 26 heavy (non-hydrogen) atoms. The Balaban J connectivity index is 1.57. The lowest BCUT2D eigenvalue weighted by atomic mass is 10.1. The number of hydrogen-bond donors (Lipinski definition) is 2. The summed E-state index contributed by atoms with van der Waals surface area (Å²) in [6.07, 6.45) is 11.0. The standard InChI is InChI=1S/C19H22N6O/c1-13(24-18(26)5-3-4-15-10-22-23-11-15)17-12-21-19(25-14(17)2)16-6-8-20-9-7-16/h6-13H,3-5H2,1-2H3,(H,22,23)(H,24,26). The summed E-state index contributed by atoms with van der Waals surface area (Å²) in [5.41, 5.74) is 3.82. The number of H-pyrrole nitrogens is 1. The summed E-state index contributed by atoms with van der Waals surface area (Å²) >= 11 is 0. The second-order valence-corrected chi connectivity index (χ2v) is 6.22. The fourth-order valence-electron chi connectivity index (χ4n) is 2.80. The molecule has 3 aromatic rings. The molecule has 1 amide bonds. The molecule has 134 valence electrons. The highest BCUT2D eigenvalue weighted by Crippen LogP contribution is 2.19. The number of pyridine rings is 1. The maximum atomic E-state index is 12.2. The number of aromatic nitrogens is 5. The molecule has 1 atom stereocenters. The van der Waals surface area contributed by atoms with Crippen LogP contribution >= 0.6 is 0 Å². The molecule has 3 rings (SSSR count). The highest BCUT2D eigenvalue weighted by molar-refractivity contribution is 5.76. The van der Waals surface area contributed by atoms with Crippen molar-refractivity contribution >= 4 is 5.91 Å². The second kappa shape index (κ2) is 8.33. The number of aryl methyl sites for hydroxylation is 2. The molecular weight excluding hydrogens is 328 g/mol. The Labute approximate surface area is 152 Å². The number of nitrogens with one attached hydrogen (secondary N) is 2. The van der Waals surface area contributed by atoms with Crippen LogP contribution in [0.4, 0.5) is 0 Å². The molecule has 0 aliphatic rings. The van der Waals surface area contributed by atoms with E-state index in [0.29, 0.717) is 12.2 Å². The molecule has 2 N–H and O–H groups in total. The van der Waals surface area contributed by atoms with Crippen LogP contribution in [-0.2, 0) is 11.2 Å². The summed E-state index contributed by atoms with van der Waals surface area (Å²) in [5, 5.41) is 9.70. The van der Waals surface area contributed by atoms with Crippen LogP contribution in [0.1, 0.15) is 42.6 Å². The van der Waals surface area contributed by atoms with Crippen LogP contribution in [0.5, 0.6) is 0 Å². The Morgan fingerprint density at radius 2 is 2.08 bits per heavy atom. The van der Waals surface area contributed by atoms with E-state index in [0.717, 1.165) is 35.2 Å². The van der Waals surface area contributed by atoms with E-state index >= 15 is 0 Å². The molecular formula is C19H22N6O. The minimum Gasteiger partial charge on any atom is -0.349 e. The predicted molar refractivity (Wildman–Crippen MR) is 98.1 cm³/mol. The Bertz CT molecular complexity index is 848. The van der Waals surface area contributed by atoms with Crippen LogP contribution in [0.3, 0.4) is 0 Å². The first kappa shape index (κ1) is 17.7. The van der Waals surface area contributed by atoms with Crippen molar-refractivity contribution in [3.63, 3.8) is 0 Å². The number of nitrogens with zero attached hydrogens (tertiary/aromatic N) is 4. The van der Waals surface area contributed by atoms with Crippen molar-refractivity contribution in [2.45, 2.75) is 39.2 Å². The lowest BCUT2D eigenvalue weighted by Crippen LogP contribution is -2.27. The molecule has 0 fully saturated rings. The van der Waals surface area contributed by atoms with Crippen LogP contribution in [0.2, 0.25) is 0 Å². The lowest BCUT2D eigenvalue weighted by molar-refractivity contribution is -0.121. The van der Waals surface area contributed by atoms with Crippen LogP contribution < -0.4 is 5.32 Å². The summed E-state index contributed by atoms with van der Waals surface area (Å²) in [6.45, 7) is 3.88. The largest absolute Gasteiger partial charge is 0.349 e. The molecule has 0 saturated heterocycles. The average molecular weight is 350 g/mol. The molecule has 0 aliphatic heterocycles. The average Bonchev–Trinajstić information content (AvgIpc) is 3.15. The number of aromatic amines is 1. The number of hydrogen-bond acceptors (Lipinski definition) is 5. The van der Waals surface area contributed by atoms with Gasteiger partial charge in [-0.25, -0.2) is 9.97 Å². The fraction of sp³-hybridized carbons (Fsp3) is 0.316. The maximum absolute atomic E-state index is 12.2. The normalized spacial score (nSPS) is 11.9. The van der Waals surface area contributed by atoms with Gasteiger partial charge in [0.25, 0.3) is 0 Å². The SMILES string of the molecule is Cc1nc(-c2ccncc2)ncc1C(C)NC(=O)CCCc1cn[nH]c1. The van der Waals surface area contributed by atoms with Gasteiger partial charge in [0.2, 0.25) is 5.91 Å². The zero-order chi connectivity index (χ0) is 18.4. The van der Waals surface area contributed by atoms with E-state index in [9.17, 15) is 4.79 Å². The highest BCUT2D eigenvalue weighted by Gasteiger charge is 2.14. The summed E-state index contributed by atoms with van der Waals surface area (Å²) in [6, 6.07) is 3.61. The van der Waals surface area contributed by atoms with Gasteiger partial charge < -0.3 is 5.32 Å². The van der Waals surface area contributed by atoms with Crippen molar-refractivity contribution in [1.82, 2.24) is 30.5 Å². The zero-order valence-corrected chi connectivity index (χ0v) is 14.9. The van der Waals surface area contributed by atoms with E-state index in [1.165, 1.54) is 0 Å². The van der Waals surface area contributed by atoms with Crippen molar-refractivity contribution < 1.29 is 4.79 Å². The van der Waals surface area contributed by atoms with Crippen molar-refractivity contribution in [1.29, 1.82) is 0 Å². The molecule has 3 heterocycles. The van der Waals surface area contributed by atoms with Crippen molar-refractivity contribution in [2.75, 3.05) is 0 Å². The topological polar surface area (TPSA) is 96.5 Å². The van der Waals surface area contributed by atoms with E-state index in [4.69, 9.17) is 0 Å². The van der Waals surface area contributed by atoms with Crippen LogP contribution in [0.25, 0.3) is 11.4 Å². The third-order valence-corrected chi connectivity index (χ3v) is 4.22. The quantitative estimate of drug-likeness (QED) is 0.683. The summed E-state index contributed by atoms with van der Waals surface area (Å²) in [4.78, 5) is 25.2. The molecule has 3 aromatic heterocycles. The third-order valence-electron chi connectivity index (χ3n) is 4.22. The highest BCUT2D eigenvalue weighted by atomic mass is 16.1. The van der Waals surface area contributed by atoms with Crippen LogP contribution in [0.15, 0.2) is 43.1 Å². The lowest BCUT2D eigenvalue weighted by Gasteiger charge is -2.16. The molecule has 0 saturated carbocycles. The van der Waals surface area contributed by atoms with Gasteiger partial charge in [0.1, 0.15) is 0 Å². The molecule has 0 bridgehead atoms. The minimum atomic E-state index is -0.136. The number of rotatable bonds is 7. The Hall–Kier alpha value is -3.09. The summed E-state index contributed by atoms with van der Waals surface area (Å²) in [7, 11) is 0. The first-order valence-electron chi connectivity index (χ1n) is 8.64. The monoisotopic (exact) mass is 350 g/mol. The summed E-state index contributed by atoms with van der Waals surface area (Å²) < 4.78 is 0. The van der Waals surface area contributed by atoms with E-state index in [1.54, 1.807) is 24.8 Å². The van der Waals surface area contributed by atoms with E-state index in [1.807, 2.05) is 32.2 Å². The minimum absolute atomic E-state index is 0.0265. The van der Waals surface area contributed by atoms with Gasteiger partial charge in [-0.05, 0) is 44.4 Å². The summed E-state index contributed by atoms with van der Waals surface area (Å²) in [5.74, 6) is 0.686. The van der Waals surface area contributed by atoms with E-state index in [-0.39, 0.29) is 11.9 Å². The Morgan fingerprint density at radius 1 is 1.27 bits per heavy atom. The number of carbonyl (C=O) groups excluding carboxylic acids is 1. The van der Waals surface area contributed by atoms with Gasteiger partial charge in [-0.3, -0.25) is 14.9 Å². The predicted octanol–water partition coefficient (Wildman–Crippen LogP) is 2.77. The van der Waals surface area contributed by atoms with Gasteiger partial charge in [-0.1, -0.05) is 0 Å². The second-order valence-electron chi connectivity index (χ2n) is 6.22.